The van der Waals surface area contributed by atoms with E-state index in [1.807, 2.05) is 45.0 Å². The Morgan fingerprint density at radius 3 is 1.10 bits per heavy atom. The number of rotatable bonds is 44. The van der Waals surface area contributed by atoms with Gasteiger partial charge in [-0.1, -0.05) is 85.8 Å². The van der Waals surface area contributed by atoms with Gasteiger partial charge in [0.25, 0.3) is 0 Å². The standard InChI is InChI=1S/C18H29N3O3.C15H31N3O3.C9H16N2O5.C9H20NO4P.C8H17N3O3.C6H13O5P.4CO2/c1-5-6-15(16(22)23)20-17(24)19-12-11-13-7-9-14(10-8-13)21-18(2,3)4;1-5-9-12(13(19)20)18-14(21)16-10-7-6-8-11-17-15(2,3)4;1-2-3-6(9(15)16)11-7(12)4-5(10)8(13)14;1-8(3-4-9(11)12)7-15(13,14)6-2-5-10;1-2-3-6(7(12)13)11-8(14)10-5-4-9;1-5(2-3-6(7)8)4-12(9,10)11;4*2-1-3/h7-10,15,21H,5-6,11-12H2,1-4H3,(H,22,23)(H2,19,20,24);12,17H,5-11H2,1-4H3,(H,19,20)(H2,16,18,21);5-6H,2-4,10H2,1H3,(H,11,12)(H,13,14)(H,15,16);8H,2-7,10H2,1H3,(H,11,12)(H,13,14);6H,2-5,9H2,1H3,(H,12,13)(H2,10,11,14);5H,2-4H2,1H3,(H,7,8)(H2,9,10,11);;;;/t15-;12-;5-,6+;;6-;;;;;/m000.0...../s1. The summed E-state index contributed by atoms with van der Waals surface area (Å²) in [5, 5.41) is 84.7. The van der Waals surface area contributed by atoms with Crippen molar-refractivity contribution in [3.63, 3.8) is 0 Å². The Kier molecular flexibility index (Phi) is 83.0. The van der Waals surface area contributed by atoms with Gasteiger partial charge >= 0.3 is 92.1 Å². The number of unbranched alkanes of at least 4 members (excludes halogenated alkanes) is 2. The predicted octanol–water partition coefficient (Wildman–Crippen LogP) is 3.18. The molecule has 0 aliphatic carbocycles. The lowest BCUT2D eigenvalue weighted by Crippen LogP contribution is -2.46. The molecule has 0 heterocycles. The van der Waals surface area contributed by atoms with Crippen LogP contribution < -0.4 is 65.1 Å². The number of carboxylic acids is 7. The van der Waals surface area contributed by atoms with Crippen molar-refractivity contribution in [2.24, 2.45) is 29.0 Å². The summed E-state index contributed by atoms with van der Waals surface area (Å²) in [5.41, 5.74) is 17.9. The molecule has 0 aliphatic rings. The Balaban J connectivity index is -0.000000163. The smallest absolute Gasteiger partial charge is 0.373 e. The Labute approximate surface area is 663 Å². The minimum atomic E-state index is -3.97. The van der Waals surface area contributed by atoms with Crippen LogP contribution in [0.1, 0.15) is 198 Å². The topological polar surface area (TPSA) is 747 Å². The number of urea groups is 3. The molecule has 0 saturated heterocycles. The predicted molar refractivity (Wildman–Crippen MR) is 410 cm³/mol. The van der Waals surface area contributed by atoms with E-state index in [-0.39, 0.29) is 78.8 Å². The molecule has 658 valence electrons. The van der Waals surface area contributed by atoms with E-state index in [9.17, 15) is 66.8 Å². The van der Waals surface area contributed by atoms with Crippen molar-refractivity contribution in [2.45, 2.75) is 240 Å². The lowest BCUT2D eigenvalue weighted by atomic mass is 10.1. The van der Waals surface area contributed by atoms with E-state index < -0.39 is 117 Å². The number of amides is 7. The van der Waals surface area contributed by atoms with Gasteiger partial charge in [0.15, 0.2) is 0 Å². The summed E-state index contributed by atoms with van der Waals surface area (Å²) in [6.45, 7) is 26.6. The van der Waals surface area contributed by atoms with Crippen LogP contribution in [0.25, 0.3) is 0 Å². The molecule has 0 aliphatic heterocycles. The summed E-state index contributed by atoms with van der Waals surface area (Å²) in [6, 6.07) is 1.98. The number of hydrogen-bond acceptors (Lipinski definition) is 26. The monoisotopic (exact) mass is 1680 g/mol. The minimum absolute atomic E-state index is 0.0142. The average molecular weight is 1680 g/mol. The highest BCUT2D eigenvalue weighted by atomic mass is 31.2. The molecule has 1 aromatic rings. The molecular formula is C69H126N12O31P2. The molecule has 25 N–H and O–H groups in total. The minimum Gasteiger partial charge on any atom is -0.481 e. The lowest BCUT2D eigenvalue weighted by molar-refractivity contribution is -0.193. The third-order valence-corrected chi connectivity index (χ3v) is 16.7. The molecule has 0 bridgehead atoms. The molecule has 45 heteroatoms. The second-order valence-electron chi connectivity index (χ2n) is 26.6. The summed E-state index contributed by atoms with van der Waals surface area (Å²) in [4.78, 5) is 211. The molecule has 43 nitrogen and oxygen atoms in total. The second kappa shape index (κ2) is 77.2. The van der Waals surface area contributed by atoms with Crippen LogP contribution in [0.3, 0.4) is 0 Å². The molecule has 7 amide bonds. The van der Waals surface area contributed by atoms with Gasteiger partial charge in [0.05, 0.1) is 12.6 Å². The average Bonchev–Trinajstić information content (AvgIpc) is 0.909. The van der Waals surface area contributed by atoms with Crippen molar-refractivity contribution in [3.8, 4) is 0 Å². The fourth-order valence-corrected chi connectivity index (χ4v) is 11.4. The Morgan fingerprint density at radius 2 is 0.789 bits per heavy atom. The van der Waals surface area contributed by atoms with Gasteiger partial charge in [-0.3, -0.25) is 28.3 Å². The van der Waals surface area contributed by atoms with Gasteiger partial charge in [-0.15, -0.1) is 0 Å². The van der Waals surface area contributed by atoms with E-state index in [0.29, 0.717) is 103 Å². The molecule has 3 unspecified atom stereocenters. The molecule has 114 heavy (non-hydrogen) atoms. The number of aliphatic carboxylic acids is 7. The summed E-state index contributed by atoms with van der Waals surface area (Å²) < 4.78 is 22.0. The van der Waals surface area contributed by atoms with E-state index in [0.717, 1.165) is 43.5 Å². The zero-order valence-corrected chi connectivity index (χ0v) is 68.9. The van der Waals surface area contributed by atoms with Crippen LogP contribution in [0, 0.1) is 11.8 Å². The highest BCUT2D eigenvalue weighted by Gasteiger charge is 2.25. The fourth-order valence-electron chi connectivity index (χ4n) is 8.38. The van der Waals surface area contributed by atoms with Crippen molar-refractivity contribution in [3.05, 3.63) is 29.8 Å². The molecule has 0 fully saturated rings. The number of anilines is 1. The van der Waals surface area contributed by atoms with Crippen LogP contribution in [0.4, 0.5) is 20.1 Å². The van der Waals surface area contributed by atoms with E-state index in [1.54, 1.807) is 20.8 Å². The van der Waals surface area contributed by atoms with Crippen LogP contribution in [0.2, 0.25) is 0 Å². The van der Waals surface area contributed by atoms with Gasteiger partial charge in [0, 0.05) is 68.1 Å². The number of carbonyl (C=O) groups is 11. The van der Waals surface area contributed by atoms with E-state index >= 15 is 0 Å². The third kappa shape index (κ3) is 98.4. The van der Waals surface area contributed by atoms with E-state index in [4.69, 9.17) is 101 Å². The van der Waals surface area contributed by atoms with Crippen molar-refractivity contribution in [1.29, 1.82) is 0 Å². The number of hydrogen-bond donors (Lipinski definition) is 22. The van der Waals surface area contributed by atoms with Crippen LogP contribution in [-0.4, -0.2) is 240 Å². The van der Waals surface area contributed by atoms with Crippen molar-refractivity contribution < 1.29 is 151 Å². The largest absolute Gasteiger partial charge is 0.481 e. The molecule has 8 atom stereocenters. The van der Waals surface area contributed by atoms with Crippen molar-refractivity contribution >= 4 is 111 Å². The van der Waals surface area contributed by atoms with Crippen molar-refractivity contribution in [2.75, 3.05) is 63.1 Å². The maximum Gasteiger partial charge on any atom is 0.373 e. The summed E-state index contributed by atoms with van der Waals surface area (Å²) >= 11 is 0. The van der Waals surface area contributed by atoms with E-state index in [1.165, 1.54) is 0 Å². The second-order valence-corrected chi connectivity index (χ2v) is 30.8. The van der Waals surface area contributed by atoms with Gasteiger partial charge in [-0.05, 0) is 148 Å². The molecule has 0 radical (unpaired) electrons. The third-order valence-electron chi connectivity index (χ3n) is 13.4. The maximum absolute atomic E-state index is 11.7. The molecule has 1 aromatic carbocycles. The Morgan fingerprint density at radius 1 is 0.447 bits per heavy atom. The first-order valence-corrected chi connectivity index (χ1v) is 39.7. The van der Waals surface area contributed by atoms with Gasteiger partial charge < -0.3 is 115 Å². The fraction of sp³-hybridized carbons (Fsp3) is 0.696. The molecular weight excluding hydrogens is 1550 g/mol. The van der Waals surface area contributed by atoms with E-state index in [2.05, 4.69) is 89.4 Å². The summed E-state index contributed by atoms with van der Waals surface area (Å²) in [5.74, 6) is -8.20. The first-order valence-electron chi connectivity index (χ1n) is 35.9. The first kappa shape index (κ1) is 123. The summed E-state index contributed by atoms with van der Waals surface area (Å²) in [7, 11) is -7.07. The van der Waals surface area contributed by atoms with Gasteiger partial charge in [-0.25, -0.2) is 33.6 Å². The Bertz CT molecular complexity index is 3030. The van der Waals surface area contributed by atoms with Crippen LogP contribution in [0.5, 0.6) is 0 Å². The van der Waals surface area contributed by atoms with Gasteiger partial charge in [0.1, 0.15) is 30.2 Å². The number of carbonyl (C=O) groups excluding carboxylic acids is 12. The van der Waals surface area contributed by atoms with Crippen LogP contribution >= 0.6 is 15.0 Å². The zero-order chi connectivity index (χ0) is 90.7. The lowest BCUT2D eigenvalue weighted by Gasteiger charge is -2.22. The van der Waals surface area contributed by atoms with Crippen LogP contribution in [-0.2, 0) is 92.3 Å². The SMILES string of the molecule is CC(CCC(=O)O)CP(=O)(O)CCCN.CC(CCC(=O)O)CP(=O)(O)O.CCC[C@@H](NC(=O)C[C@H](N)C(=O)O)C(=O)O.CCC[C@H](NC(=O)NCCCCCNC(C)(C)C)C(=O)O.CCC[C@H](NC(=O)NCCN)C(=O)O.CCC[C@H](NC(=O)NCCc1ccc(NC(C)(C)C)cc1)C(=O)O.O=C=O.O=C=O.O=C=O.O=C=O. The van der Waals surface area contributed by atoms with Crippen molar-refractivity contribution in [1.82, 2.24) is 42.5 Å². The molecule has 0 spiro atoms. The normalized spacial score (nSPS) is 12.4. The van der Waals surface area contributed by atoms with Gasteiger partial charge in [-0.2, -0.15) is 38.4 Å². The molecule has 1 rings (SSSR count). The number of benzene rings is 1. The highest BCUT2D eigenvalue weighted by Crippen LogP contribution is 2.43. The molecule has 0 saturated carbocycles. The summed E-state index contributed by atoms with van der Waals surface area (Å²) in [6.07, 6.45) is 10.1. The Hall–Kier alpha value is -9.71. The number of nitrogens with one attached hydrogen (secondary N) is 9. The van der Waals surface area contributed by atoms with Crippen LogP contribution in [0.15, 0.2) is 24.3 Å². The number of carboxylic acid groups (broad SMARTS) is 7. The quantitative estimate of drug-likeness (QED) is 0.0329. The highest BCUT2D eigenvalue weighted by molar-refractivity contribution is 7.58. The zero-order valence-electron chi connectivity index (χ0n) is 67.1. The first-order chi connectivity index (χ1) is 52.8. The van der Waals surface area contributed by atoms with Gasteiger partial charge in [0.2, 0.25) is 13.3 Å². The molecule has 0 aromatic heterocycles. The maximum atomic E-state index is 11.7. The number of nitrogens with two attached hydrogens (primary N) is 3.